The molecule has 0 saturated carbocycles. The van der Waals surface area contributed by atoms with Crippen LogP contribution in [0, 0.1) is 0 Å². The fraction of sp³-hybridized carbons (Fsp3) is 0.278. The molecule has 0 aliphatic heterocycles. The second-order valence-electron chi connectivity index (χ2n) is 5.71. The van der Waals surface area contributed by atoms with E-state index in [9.17, 15) is 9.59 Å². The number of amides is 1. The first-order chi connectivity index (χ1) is 11.6. The predicted molar refractivity (Wildman–Crippen MR) is 92.6 cm³/mol. The fourth-order valence-electron chi connectivity index (χ4n) is 2.84. The molecule has 0 unspecified atom stereocenters. The number of aromatic nitrogens is 3. The molecule has 0 aliphatic carbocycles. The molecule has 124 valence electrons. The molecule has 0 fully saturated rings. The van der Waals surface area contributed by atoms with Gasteiger partial charge in [0.1, 0.15) is 6.54 Å². The van der Waals surface area contributed by atoms with Crippen LogP contribution in [0.4, 0.5) is 0 Å². The van der Waals surface area contributed by atoms with Gasteiger partial charge >= 0.3 is 5.69 Å². The van der Waals surface area contributed by atoms with Gasteiger partial charge in [0.15, 0.2) is 0 Å². The minimum atomic E-state index is -0.151. The molecule has 6 nitrogen and oxygen atoms in total. The molecule has 0 bridgehead atoms. The van der Waals surface area contributed by atoms with Gasteiger partial charge < -0.3 is 4.90 Å². The molecule has 24 heavy (non-hydrogen) atoms. The molecule has 0 saturated heterocycles. The maximum atomic E-state index is 12.6. The molecule has 2 heterocycles. The Kier molecular flexibility index (Phi) is 4.46. The summed E-state index contributed by atoms with van der Waals surface area (Å²) in [6.07, 6.45) is 3.43. The summed E-state index contributed by atoms with van der Waals surface area (Å²) in [4.78, 5) is 30.8. The van der Waals surface area contributed by atoms with Crippen molar-refractivity contribution in [2.45, 2.75) is 26.6 Å². The van der Waals surface area contributed by atoms with Gasteiger partial charge in [0.05, 0.1) is 11.0 Å². The number of hydrogen-bond acceptors (Lipinski definition) is 3. The fourth-order valence-corrected chi connectivity index (χ4v) is 2.84. The monoisotopic (exact) mass is 324 g/mol. The van der Waals surface area contributed by atoms with E-state index in [4.69, 9.17) is 0 Å². The van der Waals surface area contributed by atoms with E-state index < -0.39 is 0 Å². The van der Waals surface area contributed by atoms with Crippen LogP contribution < -0.4 is 5.69 Å². The zero-order chi connectivity index (χ0) is 17.1. The quantitative estimate of drug-likeness (QED) is 0.720. The summed E-state index contributed by atoms with van der Waals surface area (Å²) in [6.45, 7) is 3.00. The number of aryl methyl sites for hydroxylation is 1. The minimum absolute atomic E-state index is 0.0309. The van der Waals surface area contributed by atoms with Crippen molar-refractivity contribution >= 4 is 16.9 Å². The summed E-state index contributed by atoms with van der Waals surface area (Å²) < 4.78 is 3.23. The van der Waals surface area contributed by atoms with Crippen molar-refractivity contribution < 1.29 is 4.79 Å². The summed E-state index contributed by atoms with van der Waals surface area (Å²) in [5, 5.41) is 0. The Morgan fingerprint density at radius 1 is 1.12 bits per heavy atom. The van der Waals surface area contributed by atoms with E-state index in [-0.39, 0.29) is 18.1 Å². The standard InChI is InChI=1S/C18H20N4O2/c1-3-21-15-8-4-5-9-16(15)22(18(21)24)13-17(23)20(2)12-14-7-6-10-19-11-14/h4-11H,3,12-13H2,1-2H3. The lowest BCUT2D eigenvalue weighted by Gasteiger charge is -2.17. The van der Waals surface area contributed by atoms with E-state index in [1.54, 1.807) is 33.5 Å². The van der Waals surface area contributed by atoms with Crippen LogP contribution in [0.15, 0.2) is 53.6 Å². The first-order valence-electron chi connectivity index (χ1n) is 7.92. The van der Waals surface area contributed by atoms with Gasteiger partial charge in [-0.25, -0.2) is 4.79 Å². The van der Waals surface area contributed by atoms with Crippen LogP contribution in [0.1, 0.15) is 12.5 Å². The highest BCUT2D eigenvalue weighted by Gasteiger charge is 2.16. The van der Waals surface area contributed by atoms with Crippen LogP contribution in [0.5, 0.6) is 0 Å². The highest BCUT2D eigenvalue weighted by molar-refractivity contribution is 5.80. The molecule has 1 amide bonds. The van der Waals surface area contributed by atoms with Crippen molar-refractivity contribution in [2.24, 2.45) is 0 Å². The minimum Gasteiger partial charge on any atom is -0.340 e. The van der Waals surface area contributed by atoms with Gasteiger partial charge in [0, 0.05) is 32.5 Å². The van der Waals surface area contributed by atoms with Crippen molar-refractivity contribution in [1.29, 1.82) is 0 Å². The second kappa shape index (κ2) is 6.70. The molecular weight excluding hydrogens is 304 g/mol. The summed E-state index contributed by atoms with van der Waals surface area (Å²) in [6, 6.07) is 11.3. The van der Waals surface area contributed by atoms with Crippen molar-refractivity contribution in [1.82, 2.24) is 19.0 Å². The highest BCUT2D eigenvalue weighted by Crippen LogP contribution is 2.13. The normalized spacial score (nSPS) is 10.9. The Morgan fingerprint density at radius 3 is 2.46 bits per heavy atom. The van der Waals surface area contributed by atoms with Gasteiger partial charge in [0.25, 0.3) is 0 Å². The predicted octanol–water partition coefficient (Wildman–Crippen LogP) is 1.88. The summed E-state index contributed by atoms with van der Waals surface area (Å²) in [5.41, 5.74) is 2.44. The summed E-state index contributed by atoms with van der Waals surface area (Å²) >= 11 is 0. The van der Waals surface area contributed by atoms with E-state index in [2.05, 4.69) is 4.98 Å². The zero-order valence-electron chi connectivity index (χ0n) is 13.8. The average Bonchev–Trinajstić information content (AvgIpc) is 2.87. The van der Waals surface area contributed by atoms with E-state index in [0.29, 0.717) is 13.1 Å². The molecular formula is C18H20N4O2. The molecule has 0 radical (unpaired) electrons. The van der Waals surface area contributed by atoms with Crippen molar-refractivity contribution in [3.05, 3.63) is 64.8 Å². The maximum Gasteiger partial charge on any atom is 0.329 e. The number of para-hydroxylation sites is 2. The number of carbonyl (C=O) groups excluding carboxylic acids is 1. The van der Waals surface area contributed by atoms with E-state index in [1.165, 1.54) is 0 Å². The largest absolute Gasteiger partial charge is 0.340 e. The lowest BCUT2D eigenvalue weighted by molar-refractivity contribution is -0.131. The Bertz CT molecular complexity index is 912. The van der Waals surface area contributed by atoms with Gasteiger partial charge in [0.2, 0.25) is 5.91 Å². The molecule has 0 spiro atoms. The summed E-state index contributed by atoms with van der Waals surface area (Å²) in [7, 11) is 1.74. The van der Waals surface area contributed by atoms with Crippen molar-refractivity contribution in [3.8, 4) is 0 Å². The van der Waals surface area contributed by atoms with Crippen LogP contribution in [0.25, 0.3) is 11.0 Å². The molecule has 0 N–H and O–H groups in total. The lowest BCUT2D eigenvalue weighted by atomic mass is 10.2. The number of hydrogen-bond donors (Lipinski definition) is 0. The lowest BCUT2D eigenvalue weighted by Crippen LogP contribution is -2.34. The van der Waals surface area contributed by atoms with Crippen molar-refractivity contribution in [3.63, 3.8) is 0 Å². The Balaban J connectivity index is 1.86. The van der Waals surface area contributed by atoms with Crippen LogP contribution >= 0.6 is 0 Å². The Hall–Kier alpha value is -2.89. The van der Waals surface area contributed by atoms with E-state index in [1.807, 2.05) is 43.3 Å². The Morgan fingerprint density at radius 2 is 1.83 bits per heavy atom. The number of benzene rings is 1. The third kappa shape index (κ3) is 2.95. The molecule has 0 atom stereocenters. The van der Waals surface area contributed by atoms with Crippen LogP contribution in [0.3, 0.4) is 0 Å². The number of fused-ring (bicyclic) bond motifs is 1. The van der Waals surface area contributed by atoms with Gasteiger partial charge in [-0.2, -0.15) is 0 Å². The van der Waals surface area contributed by atoms with E-state index in [0.717, 1.165) is 16.6 Å². The second-order valence-corrected chi connectivity index (χ2v) is 5.71. The molecule has 0 aliphatic rings. The molecule has 3 aromatic rings. The average molecular weight is 324 g/mol. The van der Waals surface area contributed by atoms with Crippen LogP contribution in [-0.2, 0) is 24.4 Å². The topological polar surface area (TPSA) is 60.1 Å². The maximum absolute atomic E-state index is 12.6. The third-order valence-corrected chi connectivity index (χ3v) is 4.10. The van der Waals surface area contributed by atoms with Gasteiger partial charge in [-0.15, -0.1) is 0 Å². The zero-order valence-corrected chi connectivity index (χ0v) is 13.8. The van der Waals surface area contributed by atoms with Crippen LogP contribution in [-0.4, -0.2) is 32.0 Å². The molecule has 3 rings (SSSR count). The van der Waals surface area contributed by atoms with Gasteiger partial charge in [-0.1, -0.05) is 18.2 Å². The van der Waals surface area contributed by atoms with E-state index >= 15 is 0 Å². The smallest absolute Gasteiger partial charge is 0.329 e. The number of pyridine rings is 1. The van der Waals surface area contributed by atoms with Crippen molar-refractivity contribution in [2.75, 3.05) is 7.05 Å². The molecule has 2 aromatic heterocycles. The first-order valence-corrected chi connectivity index (χ1v) is 7.92. The SMILES string of the molecule is CCn1c(=O)n(CC(=O)N(C)Cc2cccnc2)c2ccccc21. The number of imidazole rings is 1. The third-order valence-electron chi connectivity index (χ3n) is 4.10. The molecule has 1 aromatic carbocycles. The van der Waals surface area contributed by atoms with Gasteiger partial charge in [-0.3, -0.25) is 18.9 Å². The molecule has 6 heteroatoms. The van der Waals surface area contributed by atoms with Crippen LogP contribution in [0.2, 0.25) is 0 Å². The number of rotatable bonds is 5. The number of likely N-dealkylation sites (N-methyl/N-ethyl adjacent to an activating group) is 1. The number of carbonyl (C=O) groups is 1. The van der Waals surface area contributed by atoms with Gasteiger partial charge in [-0.05, 0) is 30.7 Å². The number of nitrogens with zero attached hydrogens (tertiary/aromatic N) is 4. The summed E-state index contributed by atoms with van der Waals surface area (Å²) in [5.74, 6) is -0.111. The Labute approximate surface area is 140 Å². The first kappa shape index (κ1) is 16.0. The highest BCUT2D eigenvalue weighted by atomic mass is 16.2.